The number of nitrogens with one attached hydrogen (secondary N) is 1. The fraction of sp³-hybridized carbons (Fsp3) is 0.200. The van der Waals surface area contributed by atoms with Gasteiger partial charge >= 0.3 is 0 Å². The summed E-state index contributed by atoms with van der Waals surface area (Å²) in [4.78, 5) is 15.4. The van der Waals surface area contributed by atoms with Gasteiger partial charge in [0.1, 0.15) is 5.84 Å². The van der Waals surface area contributed by atoms with E-state index in [2.05, 4.69) is 10.3 Å². The zero-order valence-corrected chi connectivity index (χ0v) is 7.87. The van der Waals surface area contributed by atoms with Crippen molar-refractivity contribution in [1.82, 2.24) is 5.32 Å². The lowest BCUT2D eigenvalue weighted by Crippen LogP contribution is -2.19. The van der Waals surface area contributed by atoms with Crippen LogP contribution >= 0.6 is 0 Å². The number of carbonyl (C=O) groups excluding carboxylic acids is 1. The molecule has 1 aromatic rings. The second-order valence-electron chi connectivity index (χ2n) is 3.15. The largest absolute Gasteiger partial charge is 0.383 e. The van der Waals surface area contributed by atoms with Gasteiger partial charge in [0, 0.05) is 18.2 Å². The zero-order valence-electron chi connectivity index (χ0n) is 7.87. The monoisotopic (exact) mass is 189 g/mol. The first kappa shape index (κ1) is 8.74. The Bertz CT molecular complexity index is 423. The van der Waals surface area contributed by atoms with Gasteiger partial charge in [0.25, 0.3) is 5.91 Å². The van der Waals surface area contributed by atoms with Crippen LogP contribution in [0.5, 0.6) is 0 Å². The Kier molecular flexibility index (Phi) is 1.96. The van der Waals surface area contributed by atoms with Crippen molar-refractivity contribution in [2.45, 2.75) is 6.54 Å². The van der Waals surface area contributed by atoms with Gasteiger partial charge in [-0.25, -0.2) is 0 Å². The smallest absolute Gasteiger partial charge is 0.251 e. The van der Waals surface area contributed by atoms with E-state index in [0.717, 1.165) is 11.1 Å². The molecule has 0 bridgehead atoms. The summed E-state index contributed by atoms with van der Waals surface area (Å²) >= 11 is 0. The van der Waals surface area contributed by atoms with Crippen LogP contribution in [0.3, 0.4) is 0 Å². The normalized spacial score (nSPS) is 13.4. The highest BCUT2D eigenvalue weighted by molar-refractivity contribution is 6.03. The molecule has 0 unspecified atom stereocenters. The van der Waals surface area contributed by atoms with Crippen molar-refractivity contribution in [1.29, 1.82) is 0 Å². The van der Waals surface area contributed by atoms with Crippen molar-refractivity contribution >= 4 is 11.7 Å². The summed E-state index contributed by atoms with van der Waals surface area (Å²) in [5.41, 5.74) is 8.25. The number of benzene rings is 1. The molecule has 1 heterocycles. The van der Waals surface area contributed by atoms with E-state index >= 15 is 0 Å². The first-order valence-corrected chi connectivity index (χ1v) is 4.37. The van der Waals surface area contributed by atoms with Crippen LogP contribution in [0.2, 0.25) is 0 Å². The molecule has 4 heteroatoms. The fourth-order valence-corrected chi connectivity index (χ4v) is 1.49. The summed E-state index contributed by atoms with van der Waals surface area (Å²) in [5, 5.41) is 2.57. The standard InChI is InChI=1S/C10H11N3O/c1-12-10(14)6-2-3-7-5-13-9(11)8(7)4-6/h2-4H,5H2,1H3,(H2,11,13)(H,12,14). The van der Waals surface area contributed by atoms with Crippen LogP contribution in [-0.4, -0.2) is 18.8 Å². The fourth-order valence-electron chi connectivity index (χ4n) is 1.49. The summed E-state index contributed by atoms with van der Waals surface area (Å²) in [5.74, 6) is 0.415. The molecular weight excluding hydrogens is 178 g/mol. The number of aliphatic imine (C=N–C) groups is 1. The Morgan fingerprint density at radius 3 is 3.07 bits per heavy atom. The van der Waals surface area contributed by atoms with E-state index < -0.39 is 0 Å². The van der Waals surface area contributed by atoms with Crippen LogP contribution in [0.25, 0.3) is 0 Å². The lowest BCUT2D eigenvalue weighted by atomic mass is 10.0. The highest BCUT2D eigenvalue weighted by Crippen LogP contribution is 2.18. The molecule has 1 aliphatic heterocycles. The quantitative estimate of drug-likeness (QED) is 0.665. The van der Waals surface area contributed by atoms with Crippen LogP contribution in [-0.2, 0) is 6.54 Å². The van der Waals surface area contributed by atoms with E-state index in [0.29, 0.717) is 17.9 Å². The van der Waals surface area contributed by atoms with Gasteiger partial charge in [-0.2, -0.15) is 0 Å². The third-order valence-corrected chi connectivity index (χ3v) is 2.29. The molecular formula is C10H11N3O. The van der Waals surface area contributed by atoms with Crippen LogP contribution in [0.4, 0.5) is 0 Å². The molecule has 14 heavy (non-hydrogen) atoms. The maximum absolute atomic E-state index is 11.3. The van der Waals surface area contributed by atoms with E-state index in [-0.39, 0.29) is 5.91 Å². The van der Waals surface area contributed by atoms with Gasteiger partial charge < -0.3 is 11.1 Å². The Labute approximate surface area is 81.8 Å². The first-order chi connectivity index (χ1) is 6.72. The van der Waals surface area contributed by atoms with Crippen molar-refractivity contribution in [3.8, 4) is 0 Å². The van der Waals surface area contributed by atoms with Gasteiger partial charge in [0.05, 0.1) is 6.54 Å². The predicted molar refractivity (Wildman–Crippen MR) is 54.3 cm³/mol. The van der Waals surface area contributed by atoms with Crippen LogP contribution in [0, 0.1) is 0 Å². The van der Waals surface area contributed by atoms with Crippen molar-refractivity contribution in [3.05, 3.63) is 34.9 Å². The summed E-state index contributed by atoms with van der Waals surface area (Å²) in [6.45, 7) is 0.620. The highest BCUT2D eigenvalue weighted by atomic mass is 16.1. The molecule has 0 aromatic heterocycles. The van der Waals surface area contributed by atoms with Gasteiger partial charge in [0.2, 0.25) is 0 Å². The van der Waals surface area contributed by atoms with Crippen LogP contribution in [0.1, 0.15) is 21.5 Å². The third kappa shape index (κ3) is 1.25. The summed E-state index contributed by atoms with van der Waals surface area (Å²) in [6, 6.07) is 5.45. The van der Waals surface area contributed by atoms with Crippen LogP contribution < -0.4 is 11.1 Å². The zero-order chi connectivity index (χ0) is 10.1. The van der Waals surface area contributed by atoms with Gasteiger partial charge in [-0.15, -0.1) is 0 Å². The van der Waals surface area contributed by atoms with E-state index in [1.54, 1.807) is 19.2 Å². The molecule has 3 N–H and O–H groups in total. The van der Waals surface area contributed by atoms with E-state index in [4.69, 9.17) is 5.73 Å². The van der Waals surface area contributed by atoms with Gasteiger partial charge in [-0.1, -0.05) is 6.07 Å². The molecule has 1 aromatic carbocycles. The van der Waals surface area contributed by atoms with Crippen molar-refractivity contribution in [2.75, 3.05) is 7.05 Å². The number of nitrogens with two attached hydrogens (primary N) is 1. The van der Waals surface area contributed by atoms with E-state index in [1.165, 1.54) is 0 Å². The number of nitrogens with zero attached hydrogens (tertiary/aromatic N) is 1. The lowest BCUT2D eigenvalue weighted by Gasteiger charge is -2.03. The second-order valence-corrected chi connectivity index (χ2v) is 3.15. The molecule has 2 rings (SSSR count). The minimum atomic E-state index is -0.104. The molecule has 4 nitrogen and oxygen atoms in total. The molecule has 0 spiro atoms. The number of amides is 1. The first-order valence-electron chi connectivity index (χ1n) is 4.37. The molecule has 0 atom stereocenters. The molecule has 0 saturated heterocycles. The molecule has 1 amide bonds. The Hall–Kier alpha value is -1.84. The maximum Gasteiger partial charge on any atom is 0.251 e. The summed E-state index contributed by atoms with van der Waals surface area (Å²) < 4.78 is 0. The molecule has 1 aliphatic rings. The van der Waals surface area contributed by atoms with Gasteiger partial charge in [0.15, 0.2) is 0 Å². The van der Waals surface area contributed by atoms with Crippen molar-refractivity contribution in [3.63, 3.8) is 0 Å². The molecule has 72 valence electrons. The second kappa shape index (κ2) is 3.14. The SMILES string of the molecule is CNC(=O)c1ccc2c(c1)C(N)=NC2. The number of carbonyl (C=O) groups is 1. The predicted octanol–water partition coefficient (Wildman–Crippen LogP) is 0.265. The van der Waals surface area contributed by atoms with Gasteiger partial charge in [-0.3, -0.25) is 9.79 Å². The minimum absolute atomic E-state index is 0.104. The van der Waals surface area contributed by atoms with Gasteiger partial charge in [-0.05, 0) is 17.7 Å². The summed E-state index contributed by atoms with van der Waals surface area (Å²) in [6.07, 6.45) is 0. The maximum atomic E-state index is 11.3. The van der Waals surface area contributed by atoms with Crippen molar-refractivity contribution < 1.29 is 4.79 Å². The molecule has 0 radical (unpaired) electrons. The highest BCUT2D eigenvalue weighted by Gasteiger charge is 2.14. The van der Waals surface area contributed by atoms with E-state index in [1.807, 2.05) is 6.07 Å². The Balaban J connectivity index is 2.44. The Morgan fingerprint density at radius 2 is 2.36 bits per heavy atom. The topological polar surface area (TPSA) is 67.5 Å². The molecule has 0 aliphatic carbocycles. The average molecular weight is 189 g/mol. The summed E-state index contributed by atoms with van der Waals surface area (Å²) in [7, 11) is 1.60. The van der Waals surface area contributed by atoms with Crippen LogP contribution in [0.15, 0.2) is 23.2 Å². The van der Waals surface area contributed by atoms with E-state index in [9.17, 15) is 4.79 Å². The number of rotatable bonds is 1. The number of amidine groups is 1. The number of hydrogen-bond acceptors (Lipinski definition) is 3. The number of fused-ring (bicyclic) bond motifs is 1. The Morgan fingerprint density at radius 1 is 1.57 bits per heavy atom. The lowest BCUT2D eigenvalue weighted by molar-refractivity contribution is 0.0963. The van der Waals surface area contributed by atoms with Crippen molar-refractivity contribution in [2.24, 2.45) is 10.7 Å². The molecule has 0 fully saturated rings. The third-order valence-electron chi connectivity index (χ3n) is 2.29. The number of hydrogen-bond donors (Lipinski definition) is 2. The molecule has 0 saturated carbocycles. The average Bonchev–Trinajstić information content (AvgIpc) is 2.59. The minimum Gasteiger partial charge on any atom is -0.383 e.